The largest absolute Gasteiger partial charge is 0.465 e. The van der Waals surface area contributed by atoms with Gasteiger partial charge < -0.3 is 14.7 Å². The van der Waals surface area contributed by atoms with Gasteiger partial charge >= 0.3 is 5.97 Å². The number of benzene rings is 4. The van der Waals surface area contributed by atoms with Gasteiger partial charge in [-0.2, -0.15) is 8.75 Å². The lowest BCUT2D eigenvalue weighted by atomic mass is 9.32. The van der Waals surface area contributed by atoms with Crippen molar-refractivity contribution in [3.63, 3.8) is 0 Å². The van der Waals surface area contributed by atoms with Crippen LogP contribution in [-0.2, 0) is 16.1 Å². The summed E-state index contributed by atoms with van der Waals surface area (Å²) in [6.45, 7) is 20.7. The van der Waals surface area contributed by atoms with Crippen LogP contribution >= 0.6 is 11.7 Å². The smallest absolute Gasteiger partial charge is 0.312 e. The zero-order valence-corrected chi connectivity index (χ0v) is 43.9. The quantitative estimate of drug-likeness (QED) is 0.0570. The molecule has 1 N–H and O–H groups in total. The van der Waals surface area contributed by atoms with Crippen LogP contribution in [0.3, 0.4) is 0 Å². The van der Waals surface area contributed by atoms with Gasteiger partial charge in [0, 0.05) is 46.7 Å². The van der Waals surface area contributed by atoms with Crippen molar-refractivity contribution in [3.8, 4) is 22.3 Å². The van der Waals surface area contributed by atoms with Crippen LogP contribution in [0.2, 0.25) is 0 Å². The number of aromatic nitrogens is 3. The number of fused-ring (bicyclic) bond motifs is 8. The number of carbonyl (C=O) groups is 1. The van der Waals surface area contributed by atoms with E-state index in [0.29, 0.717) is 36.2 Å². The molecule has 5 saturated carbocycles. The number of anilines is 3. The number of hydrogen-bond acceptors (Lipinski definition) is 7. The summed E-state index contributed by atoms with van der Waals surface area (Å²) in [6, 6.07) is 38.4. The lowest BCUT2D eigenvalue weighted by Crippen LogP contribution is -2.67. The summed E-state index contributed by atoms with van der Waals surface area (Å²) in [4.78, 5) is 17.0. The maximum atomic E-state index is 14.7. The van der Waals surface area contributed by atoms with Crippen LogP contribution in [0, 0.1) is 56.7 Å². The molecular weight excluding hydrogens is 893 g/mol. The molecule has 10 atom stereocenters. The Morgan fingerprint density at radius 2 is 1.31 bits per heavy atom. The summed E-state index contributed by atoms with van der Waals surface area (Å²) in [7, 11) is 0. The number of hydrogen-bond donors (Lipinski definition) is 1. The fourth-order valence-electron chi connectivity index (χ4n) is 16.7. The second kappa shape index (κ2) is 18.4. The number of esters is 1. The monoisotopic (exact) mass is 968 g/mol. The molecule has 4 aromatic carbocycles. The summed E-state index contributed by atoms with van der Waals surface area (Å²) in [5, 5.41) is 11.2. The molecule has 0 spiro atoms. The van der Waals surface area contributed by atoms with Gasteiger partial charge in [-0.05, 0) is 176 Å². The standard InChI is InChI=1S/C63H75N4O3S/c1-42(2)48-28-35-63(37-36-61(6)51(55(48)63)26-27-53-60(5)33-30-54(68)59(3,4)52(60)29-34-62(53,61)7)58(69)70-41-15-14-38-66-39-31-44(32-40-66)50-25-24-49(56-57(50)65-71-64-56)43-20-22-47(23-21-43)67(45-16-10-8-11-17-45)46-18-12-9-13-19-46/h8-13,16-25,31-32,39-40,48,51-55,68H,1,14-15,26-30,33-38,41H2,2-7H3/q+1/t48-,51+,52-,53+,54-,55+,60-,61+,62+,63-/m0/s1. The minimum Gasteiger partial charge on any atom is -0.465 e. The van der Waals surface area contributed by atoms with Gasteiger partial charge in [0.05, 0.1) is 29.9 Å². The maximum absolute atomic E-state index is 14.7. The highest BCUT2D eigenvalue weighted by Gasteiger charge is 2.72. The van der Waals surface area contributed by atoms with Gasteiger partial charge in [-0.15, -0.1) is 0 Å². The summed E-state index contributed by atoms with van der Waals surface area (Å²) in [5.74, 6) is 2.43. The number of ether oxygens (including phenoxy) is 1. The number of unbranched alkanes of at least 4 members (excludes halogenated alkanes) is 1. The van der Waals surface area contributed by atoms with Crippen molar-refractivity contribution in [3.05, 3.63) is 134 Å². The Balaban J connectivity index is 0.729. The fraction of sp³-hybridized carbons (Fsp3) is 0.492. The predicted octanol–water partition coefficient (Wildman–Crippen LogP) is 15.1. The lowest BCUT2D eigenvalue weighted by molar-refractivity contribution is -0.697. The van der Waals surface area contributed by atoms with E-state index in [9.17, 15) is 9.90 Å². The number of aliphatic hydroxyl groups excluding tert-OH is 1. The third-order valence-corrected chi connectivity index (χ3v) is 21.1. The van der Waals surface area contributed by atoms with E-state index < -0.39 is 5.41 Å². The Labute approximate surface area is 427 Å². The Morgan fingerprint density at radius 1 is 0.690 bits per heavy atom. The molecule has 0 aliphatic heterocycles. The summed E-state index contributed by atoms with van der Waals surface area (Å²) < 4.78 is 18.3. The van der Waals surface area contributed by atoms with Crippen molar-refractivity contribution in [2.24, 2.45) is 56.7 Å². The van der Waals surface area contributed by atoms with Crippen molar-refractivity contribution in [1.82, 2.24) is 8.75 Å². The van der Waals surface area contributed by atoms with E-state index in [1.807, 2.05) is 0 Å². The fourth-order valence-corrected chi connectivity index (χ4v) is 17.3. The normalized spacial score (nSPS) is 31.7. The number of para-hydroxylation sites is 2. The van der Waals surface area contributed by atoms with E-state index in [1.165, 1.54) is 43.0 Å². The van der Waals surface area contributed by atoms with Crippen molar-refractivity contribution in [1.29, 1.82) is 0 Å². The van der Waals surface area contributed by atoms with Gasteiger partial charge in [-0.3, -0.25) is 4.79 Å². The van der Waals surface area contributed by atoms with Crippen molar-refractivity contribution < 1.29 is 19.2 Å². The minimum absolute atomic E-state index is 0.0498. The molecule has 8 heteroatoms. The minimum atomic E-state index is -0.409. The van der Waals surface area contributed by atoms with Crippen LogP contribution in [0.5, 0.6) is 0 Å². The van der Waals surface area contributed by atoms with E-state index in [-0.39, 0.29) is 33.7 Å². The Bertz CT molecular complexity index is 2860. The molecule has 0 amide bonds. The van der Waals surface area contributed by atoms with Gasteiger partial charge in [0.1, 0.15) is 17.6 Å². The second-order valence-electron chi connectivity index (χ2n) is 24.1. The molecule has 0 unspecified atom stereocenters. The maximum Gasteiger partial charge on any atom is 0.312 e. The Morgan fingerprint density at radius 3 is 1.94 bits per heavy atom. The summed E-state index contributed by atoms with van der Waals surface area (Å²) in [5.41, 5.74) is 10.9. The molecule has 7 nitrogen and oxygen atoms in total. The predicted molar refractivity (Wildman–Crippen MR) is 288 cm³/mol. The summed E-state index contributed by atoms with van der Waals surface area (Å²) in [6.07, 6.45) is 16.8. The first-order valence-corrected chi connectivity index (χ1v) is 27.7. The Hall–Kier alpha value is -5.18. The number of allylic oxidation sites excluding steroid dienone is 1. The van der Waals surface area contributed by atoms with Crippen LogP contribution in [0.1, 0.15) is 119 Å². The third kappa shape index (κ3) is 7.82. The Kier molecular flexibility index (Phi) is 12.5. The molecule has 71 heavy (non-hydrogen) atoms. The van der Waals surface area contributed by atoms with Gasteiger partial charge in [-0.1, -0.05) is 107 Å². The highest BCUT2D eigenvalue weighted by atomic mass is 32.1. The average molecular weight is 968 g/mol. The molecule has 0 radical (unpaired) electrons. The van der Waals surface area contributed by atoms with Crippen LogP contribution in [-0.4, -0.2) is 32.5 Å². The second-order valence-corrected chi connectivity index (χ2v) is 24.6. The van der Waals surface area contributed by atoms with Crippen molar-refractivity contribution in [2.45, 2.75) is 131 Å². The summed E-state index contributed by atoms with van der Waals surface area (Å²) >= 11 is 1.26. The number of pyridine rings is 1. The number of rotatable bonds is 12. The van der Waals surface area contributed by atoms with Crippen LogP contribution in [0.15, 0.2) is 134 Å². The molecule has 0 saturated heterocycles. The van der Waals surface area contributed by atoms with E-state index in [4.69, 9.17) is 13.5 Å². The highest BCUT2D eigenvalue weighted by molar-refractivity contribution is 7.00. The van der Waals surface area contributed by atoms with Gasteiger partial charge in [0.15, 0.2) is 12.4 Å². The number of aliphatic hydroxyl groups is 1. The third-order valence-electron chi connectivity index (χ3n) is 20.6. The average Bonchev–Trinajstić information content (AvgIpc) is 4.04. The highest BCUT2D eigenvalue weighted by Crippen LogP contribution is 2.77. The van der Waals surface area contributed by atoms with Crippen molar-refractivity contribution >= 4 is 45.8 Å². The molecule has 2 heterocycles. The van der Waals surface area contributed by atoms with Crippen molar-refractivity contribution in [2.75, 3.05) is 11.5 Å². The van der Waals surface area contributed by atoms with E-state index >= 15 is 0 Å². The van der Waals surface area contributed by atoms with E-state index in [1.54, 1.807) is 0 Å². The first kappa shape index (κ1) is 48.1. The molecule has 2 aromatic heterocycles. The zero-order valence-electron chi connectivity index (χ0n) is 43.1. The SMILES string of the molecule is C=C(C)[C@@H]1CC[C@]2(C(=O)OCCCC[n+]3ccc(-c4ccc(-c5ccc(N(c6ccccc6)c6ccccc6)cc5)c5nsnc45)cc3)CC[C@]3(C)[C@H](CC[C@@H]4[C@@]5(C)CC[C@H](O)C(C)(C)[C@@H]5CC[C@]43C)[C@@H]12. The van der Waals surface area contributed by atoms with E-state index in [2.05, 4.69) is 179 Å². The van der Waals surface area contributed by atoms with Crippen LogP contribution < -0.4 is 9.47 Å². The van der Waals surface area contributed by atoms with E-state index in [0.717, 1.165) is 108 Å². The molecular formula is C63H75N4O3S+. The number of carbonyl (C=O) groups excluding carboxylic acids is 1. The van der Waals surface area contributed by atoms with Gasteiger partial charge in [0.25, 0.3) is 0 Å². The lowest BCUT2D eigenvalue weighted by Gasteiger charge is -2.72. The van der Waals surface area contributed by atoms with Gasteiger partial charge in [0.2, 0.25) is 0 Å². The zero-order chi connectivity index (χ0) is 49.3. The molecule has 6 aromatic rings. The number of nitrogens with zero attached hydrogens (tertiary/aromatic N) is 4. The first-order chi connectivity index (χ1) is 34.2. The molecule has 370 valence electrons. The van der Waals surface area contributed by atoms with Gasteiger partial charge in [-0.25, -0.2) is 4.57 Å². The van der Waals surface area contributed by atoms with Crippen LogP contribution in [0.4, 0.5) is 17.1 Å². The molecule has 5 aliphatic carbocycles. The molecule has 11 rings (SSSR count). The molecule has 0 bridgehead atoms. The number of aryl methyl sites for hydroxylation is 1. The van der Waals surface area contributed by atoms with Crippen LogP contribution in [0.25, 0.3) is 33.3 Å². The first-order valence-electron chi connectivity index (χ1n) is 27.0. The molecule has 5 fully saturated rings. The topological polar surface area (TPSA) is 79.4 Å². The molecule has 5 aliphatic rings.